The Morgan fingerprint density at radius 1 is 1.11 bits per heavy atom. The molecular weight excluding hydrogens is 504 g/mol. The van der Waals surface area contributed by atoms with E-state index < -0.39 is 21.2 Å². The Labute approximate surface area is 216 Å². The van der Waals surface area contributed by atoms with Crippen LogP contribution in [0.1, 0.15) is 56.8 Å². The lowest BCUT2D eigenvalue weighted by Crippen LogP contribution is -2.30. The highest BCUT2D eigenvalue weighted by Gasteiger charge is 2.35. The second kappa shape index (κ2) is 11.6. The molecule has 1 saturated carbocycles. The minimum absolute atomic E-state index is 0.253. The van der Waals surface area contributed by atoms with Crippen molar-refractivity contribution < 1.29 is 17.9 Å². The molecule has 10 nitrogen and oxygen atoms in total. The maximum absolute atomic E-state index is 13.6. The van der Waals surface area contributed by atoms with Crippen LogP contribution in [0.4, 0.5) is 0 Å². The number of methoxy groups -OCH3 is 2. The van der Waals surface area contributed by atoms with E-state index in [1.165, 1.54) is 38.8 Å². The highest BCUT2D eigenvalue weighted by Crippen LogP contribution is 2.30. The van der Waals surface area contributed by atoms with E-state index in [0.717, 1.165) is 12.8 Å². The monoisotopic (exact) mass is 534 g/mol. The number of sulfone groups is 1. The lowest BCUT2D eigenvalue weighted by atomic mass is 9.89. The van der Waals surface area contributed by atoms with Crippen molar-refractivity contribution in [1.29, 1.82) is 0 Å². The summed E-state index contributed by atoms with van der Waals surface area (Å²) in [6.07, 6.45) is 7.72. The summed E-state index contributed by atoms with van der Waals surface area (Å²) in [5, 5.41) is 8.11. The minimum Gasteiger partial charge on any atom is -0.481 e. The van der Waals surface area contributed by atoms with Gasteiger partial charge in [0.15, 0.2) is 21.5 Å². The lowest BCUT2D eigenvalue weighted by Gasteiger charge is -2.24. The topological polar surface area (TPSA) is 122 Å². The van der Waals surface area contributed by atoms with Gasteiger partial charge in [-0.2, -0.15) is 0 Å². The van der Waals surface area contributed by atoms with Gasteiger partial charge in [0.2, 0.25) is 5.88 Å². The molecule has 4 rings (SSSR count). The number of rotatable bonds is 10. The van der Waals surface area contributed by atoms with Crippen molar-refractivity contribution in [1.82, 2.24) is 29.7 Å². The average molecular weight is 535 g/mol. The van der Waals surface area contributed by atoms with E-state index in [0.29, 0.717) is 40.7 Å². The fraction of sp³-hybridized carbons (Fsp3) is 0.542. The maximum atomic E-state index is 13.6. The summed E-state index contributed by atoms with van der Waals surface area (Å²) in [6, 6.07) is 5.40. The number of halogens is 1. The summed E-state index contributed by atoms with van der Waals surface area (Å²) in [5.74, 6) is 1.73. The van der Waals surface area contributed by atoms with Crippen LogP contribution in [0.15, 0.2) is 30.6 Å². The van der Waals surface area contributed by atoms with Gasteiger partial charge in [-0.3, -0.25) is 0 Å². The number of ether oxygens (including phenoxy) is 2. The summed E-state index contributed by atoms with van der Waals surface area (Å²) in [4.78, 5) is 12.8. The molecule has 12 heteroatoms. The van der Waals surface area contributed by atoms with E-state index in [1.54, 1.807) is 20.1 Å². The molecule has 1 aliphatic rings. The molecule has 3 heterocycles. The first-order valence-corrected chi connectivity index (χ1v) is 14.1. The molecule has 0 amide bonds. The Morgan fingerprint density at radius 3 is 2.50 bits per heavy atom. The van der Waals surface area contributed by atoms with Crippen LogP contribution in [0.2, 0.25) is 5.02 Å². The quantitative estimate of drug-likeness (QED) is 0.378. The van der Waals surface area contributed by atoms with Gasteiger partial charge in [0.25, 0.3) is 0 Å². The van der Waals surface area contributed by atoms with Crippen molar-refractivity contribution in [2.45, 2.75) is 62.7 Å². The number of pyridine rings is 1. The van der Waals surface area contributed by atoms with Crippen molar-refractivity contribution in [2.75, 3.05) is 14.2 Å². The predicted molar refractivity (Wildman–Crippen MR) is 135 cm³/mol. The zero-order chi connectivity index (χ0) is 25.7. The largest absolute Gasteiger partial charge is 0.481 e. The first kappa shape index (κ1) is 26.4. The zero-order valence-corrected chi connectivity index (χ0v) is 22.2. The van der Waals surface area contributed by atoms with Crippen molar-refractivity contribution in [2.24, 2.45) is 5.92 Å². The van der Waals surface area contributed by atoms with Gasteiger partial charge in [0.1, 0.15) is 23.4 Å². The standard InChI is InChI=1S/C24H31ClN6O4S/c1-16(22(35-3)23-26-12-18(25)13-27-23)36(32,33)15-20-29-30-24(19-10-7-11-21(28-19)34-2)31(20)14-17-8-5-4-6-9-17/h7,10-13,16-17,22H,4-6,8-9,14-15H2,1-3H3/t16-,22-/m0/s1. The molecule has 3 aromatic heterocycles. The first-order chi connectivity index (χ1) is 17.3. The molecule has 0 saturated heterocycles. The summed E-state index contributed by atoms with van der Waals surface area (Å²) in [5.41, 5.74) is 0.582. The van der Waals surface area contributed by atoms with Crippen LogP contribution in [0, 0.1) is 5.92 Å². The van der Waals surface area contributed by atoms with Gasteiger partial charge >= 0.3 is 0 Å². The SMILES string of the molecule is COc1cccc(-c2nnc(CS(=O)(=O)[C@@H](C)[C@H](OC)c3ncc(Cl)cn3)n2CC2CCCCC2)n1. The third-order valence-electron chi connectivity index (χ3n) is 6.63. The number of hydrogen-bond acceptors (Lipinski definition) is 9. The van der Waals surface area contributed by atoms with Gasteiger partial charge in [-0.15, -0.1) is 10.2 Å². The summed E-state index contributed by atoms with van der Waals surface area (Å²) in [6.45, 7) is 2.22. The predicted octanol–water partition coefficient (Wildman–Crippen LogP) is 4.06. The third-order valence-corrected chi connectivity index (χ3v) is 8.86. The Hall–Kier alpha value is -2.63. The molecule has 194 valence electrons. The van der Waals surface area contributed by atoms with Crippen molar-refractivity contribution in [3.63, 3.8) is 0 Å². The average Bonchev–Trinajstić information content (AvgIpc) is 3.27. The molecular formula is C24H31ClN6O4S. The molecule has 36 heavy (non-hydrogen) atoms. The van der Waals surface area contributed by atoms with Crippen molar-refractivity contribution >= 4 is 21.4 Å². The Morgan fingerprint density at radius 2 is 1.83 bits per heavy atom. The van der Waals surface area contributed by atoms with Crippen LogP contribution in [-0.4, -0.2) is 57.6 Å². The van der Waals surface area contributed by atoms with Crippen molar-refractivity contribution in [3.8, 4) is 17.4 Å². The molecule has 0 N–H and O–H groups in total. The fourth-order valence-corrected chi connectivity index (χ4v) is 6.12. The first-order valence-electron chi connectivity index (χ1n) is 12.0. The van der Waals surface area contributed by atoms with Gasteiger partial charge in [0, 0.05) is 32.1 Å². The Kier molecular flexibility index (Phi) is 8.53. The molecule has 0 bridgehead atoms. The number of hydrogen-bond donors (Lipinski definition) is 0. The fourth-order valence-electron chi connectivity index (χ4n) is 4.58. The molecule has 0 spiro atoms. The van der Waals surface area contributed by atoms with Gasteiger partial charge in [-0.25, -0.2) is 23.4 Å². The normalized spacial score (nSPS) is 16.6. The maximum Gasteiger partial charge on any atom is 0.213 e. The van der Waals surface area contributed by atoms with E-state index in [2.05, 4.69) is 25.1 Å². The number of aromatic nitrogens is 6. The van der Waals surface area contributed by atoms with E-state index in [-0.39, 0.29) is 11.6 Å². The van der Waals surface area contributed by atoms with Crippen molar-refractivity contribution in [3.05, 3.63) is 47.3 Å². The van der Waals surface area contributed by atoms with Crippen LogP contribution in [0.25, 0.3) is 11.5 Å². The van der Waals surface area contributed by atoms with Crippen LogP contribution in [0.5, 0.6) is 5.88 Å². The van der Waals surface area contributed by atoms with Crippen LogP contribution >= 0.6 is 11.6 Å². The minimum atomic E-state index is -3.73. The molecule has 0 aromatic carbocycles. The summed E-state index contributed by atoms with van der Waals surface area (Å²) in [7, 11) is -0.747. The Bertz CT molecular complexity index is 1260. The second-order valence-corrected chi connectivity index (χ2v) is 11.8. The summed E-state index contributed by atoms with van der Waals surface area (Å²) < 4.78 is 39.8. The van der Waals surface area contributed by atoms with Crippen LogP contribution in [0.3, 0.4) is 0 Å². The van der Waals surface area contributed by atoms with E-state index >= 15 is 0 Å². The highest BCUT2D eigenvalue weighted by molar-refractivity contribution is 7.91. The Balaban J connectivity index is 1.66. The third kappa shape index (κ3) is 6.01. The molecule has 0 radical (unpaired) electrons. The second-order valence-electron chi connectivity index (χ2n) is 9.05. The molecule has 1 fully saturated rings. The zero-order valence-electron chi connectivity index (χ0n) is 20.7. The van der Waals surface area contributed by atoms with E-state index in [1.807, 2.05) is 16.7 Å². The van der Waals surface area contributed by atoms with Gasteiger partial charge in [-0.1, -0.05) is 36.9 Å². The molecule has 2 atom stereocenters. The number of nitrogens with zero attached hydrogens (tertiary/aromatic N) is 6. The summed E-state index contributed by atoms with van der Waals surface area (Å²) >= 11 is 5.89. The molecule has 1 aliphatic carbocycles. The highest BCUT2D eigenvalue weighted by atomic mass is 35.5. The molecule has 0 unspecified atom stereocenters. The van der Waals surface area contributed by atoms with Gasteiger partial charge < -0.3 is 14.0 Å². The lowest BCUT2D eigenvalue weighted by molar-refractivity contribution is 0.0948. The van der Waals surface area contributed by atoms with Gasteiger partial charge in [0.05, 0.1) is 17.4 Å². The molecule has 3 aromatic rings. The smallest absolute Gasteiger partial charge is 0.213 e. The molecule has 0 aliphatic heterocycles. The van der Waals surface area contributed by atoms with Crippen LogP contribution in [-0.2, 0) is 26.9 Å². The van der Waals surface area contributed by atoms with E-state index in [9.17, 15) is 8.42 Å². The van der Waals surface area contributed by atoms with Crippen LogP contribution < -0.4 is 4.74 Å². The van der Waals surface area contributed by atoms with Gasteiger partial charge in [-0.05, 0) is 31.7 Å². The van der Waals surface area contributed by atoms with E-state index in [4.69, 9.17) is 21.1 Å².